The number of aliphatic hydroxyl groups is 1. The summed E-state index contributed by atoms with van der Waals surface area (Å²) in [6.45, 7) is 5.22. The lowest BCUT2D eigenvalue weighted by Gasteiger charge is -2.14. The maximum atomic E-state index is 9.26. The molecule has 0 saturated carbocycles. The van der Waals surface area contributed by atoms with Crippen molar-refractivity contribution in [2.75, 3.05) is 13.2 Å². The molecule has 2 rings (SSSR count). The average Bonchev–Trinajstić information content (AvgIpc) is 2.71. The molecule has 0 bridgehead atoms. The Kier molecular flexibility index (Phi) is 4.02. The van der Waals surface area contributed by atoms with Crippen LogP contribution in [0.15, 0.2) is 18.2 Å². The van der Waals surface area contributed by atoms with Gasteiger partial charge in [0, 0.05) is 6.04 Å². The summed E-state index contributed by atoms with van der Waals surface area (Å²) in [5, 5.41) is 12.7. The van der Waals surface area contributed by atoms with Crippen LogP contribution in [0.2, 0.25) is 0 Å². The lowest BCUT2D eigenvalue weighted by atomic mass is 10.1. The molecule has 0 amide bonds. The highest BCUT2D eigenvalue weighted by molar-refractivity contribution is 5.45. The van der Waals surface area contributed by atoms with E-state index in [1.54, 1.807) is 6.92 Å². The quantitative estimate of drug-likeness (QED) is 0.820. The predicted octanol–water partition coefficient (Wildman–Crippen LogP) is 2.04. The first-order valence-corrected chi connectivity index (χ1v) is 6.38. The molecular weight excluding hydrogens is 214 g/mol. The maximum Gasteiger partial charge on any atom is 0.122 e. The number of hydrogen-bond donors (Lipinski definition) is 2. The van der Waals surface area contributed by atoms with Crippen LogP contribution in [0, 0.1) is 0 Å². The van der Waals surface area contributed by atoms with Crippen molar-refractivity contribution in [3.63, 3.8) is 0 Å². The molecular formula is C14H21NO2. The van der Waals surface area contributed by atoms with Crippen LogP contribution in [0.25, 0.3) is 0 Å². The van der Waals surface area contributed by atoms with E-state index >= 15 is 0 Å². The summed E-state index contributed by atoms with van der Waals surface area (Å²) in [6, 6.07) is 6.66. The SMILES string of the molecule is CCNC1CCc2c(OCC(C)O)cccc21. The Hall–Kier alpha value is -1.06. The molecule has 3 nitrogen and oxygen atoms in total. The number of fused-ring (bicyclic) bond motifs is 1. The Morgan fingerprint density at radius 1 is 1.53 bits per heavy atom. The Bertz CT molecular complexity index is 376. The first-order valence-electron chi connectivity index (χ1n) is 6.38. The van der Waals surface area contributed by atoms with Gasteiger partial charge in [-0.25, -0.2) is 0 Å². The molecule has 0 radical (unpaired) electrons. The molecule has 0 aromatic heterocycles. The Morgan fingerprint density at radius 2 is 2.35 bits per heavy atom. The number of rotatable bonds is 5. The van der Waals surface area contributed by atoms with Crippen molar-refractivity contribution >= 4 is 0 Å². The third-order valence-electron chi connectivity index (χ3n) is 3.16. The van der Waals surface area contributed by atoms with Gasteiger partial charge in [0.2, 0.25) is 0 Å². The van der Waals surface area contributed by atoms with Crippen molar-refractivity contribution in [1.82, 2.24) is 5.32 Å². The largest absolute Gasteiger partial charge is 0.491 e. The first-order chi connectivity index (χ1) is 8.22. The second-order valence-corrected chi connectivity index (χ2v) is 4.63. The Labute approximate surface area is 103 Å². The van der Waals surface area contributed by atoms with E-state index in [0.29, 0.717) is 12.6 Å². The average molecular weight is 235 g/mol. The fourth-order valence-corrected chi connectivity index (χ4v) is 2.42. The Balaban J connectivity index is 2.15. The minimum Gasteiger partial charge on any atom is -0.491 e. The fourth-order valence-electron chi connectivity index (χ4n) is 2.42. The van der Waals surface area contributed by atoms with Gasteiger partial charge in [-0.05, 0) is 43.5 Å². The van der Waals surface area contributed by atoms with Crippen molar-refractivity contribution in [3.05, 3.63) is 29.3 Å². The smallest absolute Gasteiger partial charge is 0.122 e. The van der Waals surface area contributed by atoms with E-state index in [1.165, 1.54) is 11.1 Å². The molecule has 1 aromatic rings. The molecule has 0 fully saturated rings. The van der Waals surface area contributed by atoms with Crippen molar-refractivity contribution in [3.8, 4) is 5.75 Å². The summed E-state index contributed by atoms with van der Waals surface area (Å²) in [6.07, 6.45) is 1.78. The number of aliphatic hydroxyl groups excluding tert-OH is 1. The zero-order valence-corrected chi connectivity index (χ0v) is 10.6. The molecule has 0 heterocycles. The number of benzene rings is 1. The molecule has 0 aliphatic heterocycles. The summed E-state index contributed by atoms with van der Waals surface area (Å²) < 4.78 is 5.66. The highest BCUT2D eigenvalue weighted by Gasteiger charge is 2.24. The van der Waals surface area contributed by atoms with Gasteiger partial charge in [-0.2, -0.15) is 0 Å². The monoisotopic (exact) mass is 235 g/mol. The van der Waals surface area contributed by atoms with Gasteiger partial charge >= 0.3 is 0 Å². The summed E-state index contributed by atoms with van der Waals surface area (Å²) in [7, 11) is 0. The standard InChI is InChI=1S/C14H21NO2/c1-3-15-13-8-7-12-11(13)5-4-6-14(12)17-9-10(2)16/h4-6,10,13,15-16H,3,7-9H2,1-2H3. The molecule has 3 heteroatoms. The van der Waals surface area contributed by atoms with E-state index in [-0.39, 0.29) is 0 Å². The molecule has 1 aromatic carbocycles. The van der Waals surface area contributed by atoms with Gasteiger partial charge in [-0.15, -0.1) is 0 Å². The molecule has 2 atom stereocenters. The van der Waals surface area contributed by atoms with E-state index in [9.17, 15) is 5.11 Å². The van der Waals surface area contributed by atoms with Crippen LogP contribution in [0.1, 0.15) is 37.4 Å². The number of nitrogens with one attached hydrogen (secondary N) is 1. The highest BCUT2D eigenvalue weighted by atomic mass is 16.5. The van der Waals surface area contributed by atoms with Crippen LogP contribution < -0.4 is 10.1 Å². The molecule has 17 heavy (non-hydrogen) atoms. The van der Waals surface area contributed by atoms with Gasteiger partial charge in [0.1, 0.15) is 12.4 Å². The third-order valence-corrected chi connectivity index (χ3v) is 3.16. The van der Waals surface area contributed by atoms with Gasteiger partial charge in [0.05, 0.1) is 6.10 Å². The normalized spacial score (nSPS) is 20.1. The maximum absolute atomic E-state index is 9.26. The lowest BCUT2D eigenvalue weighted by molar-refractivity contribution is 0.122. The molecule has 0 saturated heterocycles. The van der Waals surface area contributed by atoms with E-state index in [0.717, 1.165) is 25.1 Å². The molecule has 2 N–H and O–H groups in total. The highest BCUT2D eigenvalue weighted by Crippen LogP contribution is 2.36. The van der Waals surface area contributed by atoms with Crippen LogP contribution in [0.5, 0.6) is 5.75 Å². The van der Waals surface area contributed by atoms with E-state index < -0.39 is 6.10 Å². The van der Waals surface area contributed by atoms with Crippen LogP contribution in [-0.2, 0) is 6.42 Å². The number of hydrogen-bond acceptors (Lipinski definition) is 3. The second-order valence-electron chi connectivity index (χ2n) is 4.63. The summed E-state index contributed by atoms with van der Waals surface area (Å²) in [5.41, 5.74) is 2.66. The molecule has 94 valence electrons. The van der Waals surface area contributed by atoms with Crippen molar-refractivity contribution in [1.29, 1.82) is 0 Å². The molecule has 1 aliphatic carbocycles. The van der Waals surface area contributed by atoms with Crippen LogP contribution in [-0.4, -0.2) is 24.4 Å². The molecule has 1 aliphatic rings. The van der Waals surface area contributed by atoms with Gasteiger partial charge in [-0.3, -0.25) is 0 Å². The van der Waals surface area contributed by atoms with Gasteiger partial charge in [-0.1, -0.05) is 19.1 Å². The van der Waals surface area contributed by atoms with Crippen molar-refractivity contribution < 1.29 is 9.84 Å². The van der Waals surface area contributed by atoms with E-state index in [2.05, 4.69) is 18.3 Å². The fraction of sp³-hybridized carbons (Fsp3) is 0.571. The van der Waals surface area contributed by atoms with Crippen molar-refractivity contribution in [2.24, 2.45) is 0 Å². The van der Waals surface area contributed by atoms with Gasteiger partial charge < -0.3 is 15.2 Å². The summed E-state index contributed by atoms with van der Waals surface area (Å²) in [5.74, 6) is 0.934. The van der Waals surface area contributed by atoms with Crippen LogP contribution in [0.4, 0.5) is 0 Å². The zero-order chi connectivity index (χ0) is 12.3. The predicted molar refractivity (Wildman–Crippen MR) is 68.4 cm³/mol. The van der Waals surface area contributed by atoms with E-state index in [4.69, 9.17) is 4.74 Å². The summed E-state index contributed by atoms with van der Waals surface area (Å²) in [4.78, 5) is 0. The number of ether oxygens (including phenoxy) is 1. The van der Waals surface area contributed by atoms with Gasteiger partial charge in [0.25, 0.3) is 0 Å². The lowest BCUT2D eigenvalue weighted by Crippen LogP contribution is -2.18. The minimum atomic E-state index is -0.420. The molecule has 2 unspecified atom stereocenters. The van der Waals surface area contributed by atoms with E-state index in [1.807, 2.05) is 12.1 Å². The summed E-state index contributed by atoms with van der Waals surface area (Å²) >= 11 is 0. The third kappa shape index (κ3) is 2.79. The van der Waals surface area contributed by atoms with Gasteiger partial charge in [0.15, 0.2) is 0 Å². The van der Waals surface area contributed by atoms with Crippen LogP contribution >= 0.6 is 0 Å². The Morgan fingerprint density at radius 3 is 3.06 bits per heavy atom. The zero-order valence-electron chi connectivity index (χ0n) is 10.6. The topological polar surface area (TPSA) is 41.5 Å². The molecule has 0 spiro atoms. The van der Waals surface area contributed by atoms with Crippen molar-refractivity contribution in [2.45, 2.75) is 38.8 Å². The minimum absolute atomic E-state index is 0.363. The van der Waals surface area contributed by atoms with Crippen LogP contribution in [0.3, 0.4) is 0 Å². The first kappa shape index (κ1) is 12.4. The second kappa shape index (κ2) is 5.52.